The molecule has 4 atom stereocenters. The third-order valence-corrected chi connectivity index (χ3v) is 9.51. The van der Waals surface area contributed by atoms with Gasteiger partial charge in [-0.3, -0.25) is 20.0 Å². The maximum atomic E-state index is 12.0. The Balaban J connectivity index is 2.21. The predicted molar refractivity (Wildman–Crippen MR) is 144 cm³/mol. The molecule has 0 saturated carbocycles. The summed E-state index contributed by atoms with van der Waals surface area (Å²) in [5, 5.41) is 46.4. The molecule has 2 N–H and O–H groups in total. The standard InChI is InChI=1S/C28H46N6O4/c1-21(2,3)27(35,15-29)17(19-31-23(7,8)25(11,12)33(19)36)38-34-20(32-24(9,10)26(34,13)14)18-28(16-30,37-18)22(4,5)6/h17-18,35-36H,1-14H3. The lowest BCUT2D eigenvalue weighted by Crippen LogP contribution is -2.64. The van der Waals surface area contributed by atoms with Crippen molar-refractivity contribution in [3.8, 4) is 12.1 Å². The number of nitriles is 2. The molecule has 0 aromatic carbocycles. The normalized spacial score (nSPS) is 31.6. The zero-order valence-electron chi connectivity index (χ0n) is 25.5. The number of amidine groups is 2. The van der Waals surface area contributed by atoms with Gasteiger partial charge in [-0.1, -0.05) is 41.5 Å². The number of hydrogen-bond acceptors (Lipinski definition) is 10. The van der Waals surface area contributed by atoms with Crippen LogP contribution in [0, 0.1) is 33.5 Å². The van der Waals surface area contributed by atoms with Crippen LogP contribution in [0.1, 0.15) is 96.9 Å². The van der Waals surface area contributed by atoms with Gasteiger partial charge in [-0.2, -0.15) is 10.5 Å². The fourth-order valence-electron chi connectivity index (χ4n) is 4.78. The van der Waals surface area contributed by atoms with Gasteiger partial charge < -0.3 is 9.84 Å². The van der Waals surface area contributed by atoms with E-state index in [-0.39, 0.29) is 5.84 Å². The molecule has 3 aliphatic heterocycles. The maximum absolute atomic E-state index is 12.0. The van der Waals surface area contributed by atoms with Crippen molar-refractivity contribution in [1.29, 1.82) is 10.5 Å². The lowest BCUT2D eigenvalue weighted by molar-refractivity contribution is -0.236. The van der Waals surface area contributed by atoms with Gasteiger partial charge in [0.2, 0.25) is 0 Å². The second-order valence-corrected chi connectivity index (χ2v) is 15.0. The number of rotatable bonds is 5. The molecule has 0 aromatic heterocycles. The Morgan fingerprint density at radius 2 is 1.42 bits per heavy atom. The second kappa shape index (κ2) is 8.14. The Morgan fingerprint density at radius 3 is 1.76 bits per heavy atom. The molecule has 10 heteroatoms. The SMILES string of the molecule is CC(C)(C)C(O)(C#N)C(ON1C(C2OC2(C#N)C(C)(C)C)=NC(C)(C)C1(C)C)C1=NC(C)(C)C(C)(C)N1O. The average molecular weight is 531 g/mol. The number of hydrogen-bond donors (Lipinski definition) is 2. The molecule has 0 amide bonds. The zero-order valence-corrected chi connectivity index (χ0v) is 25.5. The third kappa shape index (κ3) is 3.87. The molecule has 0 aromatic rings. The summed E-state index contributed by atoms with van der Waals surface area (Å²) in [6.45, 7) is 26.2. The third-order valence-electron chi connectivity index (χ3n) is 9.51. The van der Waals surface area contributed by atoms with E-state index in [1.54, 1.807) is 25.8 Å². The molecule has 10 nitrogen and oxygen atoms in total. The van der Waals surface area contributed by atoms with E-state index in [9.17, 15) is 20.8 Å². The zero-order chi connectivity index (χ0) is 29.7. The number of aliphatic hydroxyl groups is 1. The first kappa shape index (κ1) is 30.3. The summed E-state index contributed by atoms with van der Waals surface area (Å²) in [5.41, 5.74) is -7.82. The number of ether oxygens (including phenoxy) is 1. The Bertz CT molecular complexity index is 1140. The molecule has 212 valence electrons. The highest BCUT2D eigenvalue weighted by molar-refractivity contribution is 5.94. The number of nitrogens with zero attached hydrogens (tertiary/aromatic N) is 6. The highest BCUT2D eigenvalue weighted by Gasteiger charge is 2.71. The Hall–Kier alpha value is -2.24. The Labute approximate surface area is 227 Å². The van der Waals surface area contributed by atoms with Crippen LogP contribution in [0.2, 0.25) is 0 Å². The Morgan fingerprint density at radius 1 is 0.921 bits per heavy atom. The van der Waals surface area contributed by atoms with Crippen molar-refractivity contribution >= 4 is 11.7 Å². The largest absolute Gasteiger partial charge is 0.372 e. The average Bonchev–Trinajstić information content (AvgIpc) is 3.44. The first-order valence-electron chi connectivity index (χ1n) is 13.2. The van der Waals surface area contributed by atoms with E-state index in [1.807, 2.05) is 76.2 Å². The fourth-order valence-corrected chi connectivity index (χ4v) is 4.78. The van der Waals surface area contributed by atoms with Crippen LogP contribution in [-0.2, 0) is 9.57 Å². The quantitative estimate of drug-likeness (QED) is 0.397. The van der Waals surface area contributed by atoms with E-state index in [0.717, 1.165) is 5.06 Å². The summed E-state index contributed by atoms with van der Waals surface area (Å²) in [5.74, 6) is 0.440. The van der Waals surface area contributed by atoms with Gasteiger partial charge in [0, 0.05) is 10.8 Å². The van der Waals surface area contributed by atoms with Gasteiger partial charge in [0.05, 0.1) is 22.2 Å². The van der Waals surface area contributed by atoms with E-state index in [4.69, 9.17) is 19.6 Å². The van der Waals surface area contributed by atoms with Gasteiger partial charge in [0.15, 0.2) is 35.1 Å². The van der Waals surface area contributed by atoms with Crippen molar-refractivity contribution in [3.63, 3.8) is 0 Å². The molecule has 1 saturated heterocycles. The minimum Gasteiger partial charge on any atom is -0.372 e. The van der Waals surface area contributed by atoms with Crippen molar-refractivity contribution in [2.75, 3.05) is 0 Å². The molecule has 0 spiro atoms. The van der Waals surface area contributed by atoms with Gasteiger partial charge in [-0.15, -0.1) is 0 Å². The lowest BCUT2D eigenvalue weighted by atomic mass is 9.73. The van der Waals surface area contributed by atoms with Gasteiger partial charge >= 0.3 is 0 Å². The summed E-state index contributed by atoms with van der Waals surface area (Å²) in [6.07, 6.45) is -2.08. The molecule has 3 aliphatic rings. The van der Waals surface area contributed by atoms with Crippen LogP contribution in [0.3, 0.4) is 0 Å². The van der Waals surface area contributed by atoms with Gasteiger partial charge in [-0.05, 0) is 55.4 Å². The van der Waals surface area contributed by atoms with Crippen LogP contribution >= 0.6 is 0 Å². The minimum atomic E-state index is -2.11. The van der Waals surface area contributed by atoms with E-state index in [1.165, 1.54) is 0 Å². The molecular formula is C28H46N6O4. The molecular weight excluding hydrogens is 484 g/mol. The molecule has 1 fully saturated rings. The predicted octanol–water partition coefficient (Wildman–Crippen LogP) is 4.23. The first-order chi connectivity index (χ1) is 16.8. The summed E-state index contributed by atoms with van der Waals surface area (Å²) in [4.78, 5) is 16.4. The number of aliphatic imine (C=N–C) groups is 2. The summed E-state index contributed by atoms with van der Waals surface area (Å²) < 4.78 is 6.06. The van der Waals surface area contributed by atoms with E-state index >= 15 is 0 Å². The molecule has 0 radical (unpaired) electrons. The monoisotopic (exact) mass is 530 g/mol. The molecule has 3 heterocycles. The van der Waals surface area contributed by atoms with Crippen LogP contribution in [0.5, 0.6) is 0 Å². The lowest BCUT2D eigenvalue weighted by Gasteiger charge is -2.47. The second-order valence-electron chi connectivity index (χ2n) is 15.0. The van der Waals surface area contributed by atoms with Crippen LogP contribution in [0.4, 0.5) is 0 Å². The minimum absolute atomic E-state index is 0.0397. The van der Waals surface area contributed by atoms with E-state index < -0.39 is 56.4 Å². The number of epoxide rings is 1. The smallest absolute Gasteiger partial charge is 0.193 e. The molecule has 0 aliphatic carbocycles. The van der Waals surface area contributed by atoms with Crippen molar-refractivity contribution in [3.05, 3.63) is 0 Å². The fraction of sp³-hybridized carbons (Fsp3) is 0.857. The van der Waals surface area contributed by atoms with Crippen LogP contribution < -0.4 is 0 Å². The van der Waals surface area contributed by atoms with Crippen LogP contribution in [0.25, 0.3) is 0 Å². The summed E-state index contributed by atoms with van der Waals surface area (Å²) in [7, 11) is 0. The summed E-state index contributed by atoms with van der Waals surface area (Å²) in [6, 6.07) is 4.40. The Kier molecular flexibility index (Phi) is 6.49. The molecule has 3 rings (SSSR count). The van der Waals surface area contributed by atoms with Gasteiger partial charge in [0.25, 0.3) is 0 Å². The number of hydroxylamine groups is 4. The van der Waals surface area contributed by atoms with Crippen molar-refractivity contribution in [1.82, 2.24) is 10.1 Å². The van der Waals surface area contributed by atoms with Crippen LogP contribution in [-0.4, -0.2) is 77.7 Å². The van der Waals surface area contributed by atoms with E-state index in [2.05, 4.69) is 12.1 Å². The highest BCUT2D eigenvalue weighted by atomic mass is 16.7. The van der Waals surface area contributed by atoms with E-state index in [0.29, 0.717) is 5.84 Å². The highest BCUT2D eigenvalue weighted by Crippen LogP contribution is 2.54. The van der Waals surface area contributed by atoms with Crippen molar-refractivity contribution < 1.29 is 19.9 Å². The summed E-state index contributed by atoms with van der Waals surface area (Å²) >= 11 is 0. The topological polar surface area (TPSA) is 141 Å². The van der Waals surface area contributed by atoms with Crippen molar-refractivity contribution in [2.45, 2.75) is 142 Å². The van der Waals surface area contributed by atoms with Gasteiger partial charge in [-0.25, -0.2) is 10.1 Å². The maximum Gasteiger partial charge on any atom is 0.193 e. The molecule has 4 unspecified atom stereocenters. The molecule has 0 bridgehead atoms. The molecule has 38 heavy (non-hydrogen) atoms. The van der Waals surface area contributed by atoms with Crippen molar-refractivity contribution in [2.24, 2.45) is 20.8 Å². The van der Waals surface area contributed by atoms with Gasteiger partial charge in [0.1, 0.15) is 12.1 Å². The first-order valence-corrected chi connectivity index (χ1v) is 13.2. The van der Waals surface area contributed by atoms with Crippen LogP contribution in [0.15, 0.2) is 9.98 Å².